The topological polar surface area (TPSA) is 75.1 Å². The minimum Gasteiger partial charge on any atom is -0.388 e. The molecule has 3 rings (SSSR count). The second-order valence-electron chi connectivity index (χ2n) is 7.06. The minimum absolute atomic E-state index is 0.247. The molecule has 1 heterocycles. The number of nitrogens with zero attached hydrogens (tertiary/aromatic N) is 2. The van der Waals surface area contributed by atoms with Crippen LogP contribution in [0.4, 0.5) is 0 Å². The van der Waals surface area contributed by atoms with Crippen molar-refractivity contribution in [3.63, 3.8) is 0 Å². The van der Waals surface area contributed by atoms with Gasteiger partial charge in [-0.15, -0.1) is 0 Å². The molecule has 1 aliphatic rings. The summed E-state index contributed by atoms with van der Waals surface area (Å²) in [6.07, 6.45) is 9.08. The Bertz CT molecular complexity index is 769. The van der Waals surface area contributed by atoms with Crippen LogP contribution in [-0.2, 0) is 0 Å². The van der Waals surface area contributed by atoms with E-state index >= 15 is 0 Å². The zero-order valence-corrected chi connectivity index (χ0v) is 15.7. The molecule has 1 amide bonds. The maximum atomic E-state index is 12.6. The fourth-order valence-electron chi connectivity index (χ4n) is 3.30. The molecule has 0 radical (unpaired) electrons. The van der Waals surface area contributed by atoms with Gasteiger partial charge in [-0.05, 0) is 31.9 Å². The molecule has 2 N–H and O–H groups in total. The molecular weight excluding hydrogens is 350 g/mol. The van der Waals surface area contributed by atoms with E-state index < -0.39 is 5.60 Å². The van der Waals surface area contributed by atoms with E-state index in [9.17, 15) is 9.90 Å². The van der Waals surface area contributed by atoms with E-state index in [1.54, 1.807) is 24.5 Å². The molecule has 138 valence electrons. The first-order valence-corrected chi connectivity index (χ1v) is 9.44. The highest BCUT2D eigenvalue weighted by Crippen LogP contribution is 2.27. The molecule has 1 aliphatic carbocycles. The quantitative estimate of drug-likeness (QED) is 0.796. The van der Waals surface area contributed by atoms with Crippen LogP contribution < -0.4 is 5.32 Å². The molecule has 1 saturated carbocycles. The van der Waals surface area contributed by atoms with E-state index in [4.69, 9.17) is 11.6 Å². The van der Waals surface area contributed by atoms with Crippen LogP contribution in [0.3, 0.4) is 0 Å². The van der Waals surface area contributed by atoms with Gasteiger partial charge in [0.2, 0.25) is 0 Å². The smallest absolute Gasteiger partial charge is 0.252 e. The molecule has 1 aromatic carbocycles. The number of carbonyl (C=O) groups excluding carboxylic acids is 1. The zero-order valence-electron chi connectivity index (χ0n) is 15.0. The van der Waals surface area contributed by atoms with Crippen LogP contribution in [0.5, 0.6) is 0 Å². The number of rotatable bonds is 4. The predicted octanol–water partition coefficient (Wildman–Crippen LogP) is 3.92. The van der Waals surface area contributed by atoms with Crippen LogP contribution >= 0.6 is 11.6 Å². The van der Waals surface area contributed by atoms with Crippen molar-refractivity contribution >= 4 is 17.5 Å². The Balaban J connectivity index is 1.74. The van der Waals surface area contributed by atoms with Gasteiger partial charge in [-0.3, -0.25) is 14.8 Å². The molecule has 2 aromatic rings. The lowest BCUT2D eigenvalue weighted by molar-refractivity contribution is 0.0246. The van der Waals surface area contributed by atoms with Crippen molar-refractivity contribution < 1.29 is 9.90 Å². The normalized spacial score (nSPS) is 16.7. The summed E-state index contributed by atoms with van der Waals surface area (Å²) in [7, 11) is 0. The molecule has 0 aliphatic heterocycles. The van der Waals surface area contributed by atoms with Crippen LogP contribution in [-0.4, -0.2) is 33.1 Å². The largest absolute Gasteiger partial charge is 0.388 e. The predicted molar refractivity (Wildman–Crippen MR) is 102 cm³/mol. The lowest BCUT2D eigenvalue weighted by Gasteiger charge is -2.26. The van der Waals surface area contributed by atoms with Crippen LogP contribution in [0, 0.1) is 6.92 Å². The van der Waals surface area contributed by atoms with Gasteiger partial charge < -0.3 is 10.4 Å². The molecular formula is C20H24ClN3O2. The van der Waals surface area contributed by atoms with Crippen molar-refractivity contribution in [1.29, 1.82) is 0 Å². The second-order valence-corrected chi connectivity index (χ2v) is 7.47. The summed E-state index contributed by atoms with van der Waals surface area (Å²) in [5, 5.41) is 13.9. The van der Waals surface area contributed by atoms with E-state index in [1.807, 2.05) is 13.0 Å². The van der Waals surface area contributed by atoms with E-state index in [0.29, 0.717) is 16.3 Å². The van der Waals surface area contributed by atoms with Gasteiger partial charge in [0.1, 0.15) is 0 Å². The highest BCUT2D eigenvalue weighted by molar-refractivity contribution is 6.34. The van der Waals surface area contributed by atoms with Crippen molar-refractivity contribution in [3.8, 4) is 11.3 Å². The molecule has 0 bridgehead atoms. The number of nitrogens with one attached hydrogen (secondary N) is 1. The Kier molecular flexibility index (Phi) is 5.89. The monoisotopic (exact) mass is 373 g/mol. The Labute approximate surface area is 158 Å². The third kappa shape index (κ3) is 4.59. The summed E-state index contributed by atoms with van der Waals surface area (Å²) in [4.78, 5) is 21.2. The van der Waals surface area contributed by atoms with Crippen LogP contribution in [0.1, 0.15) is 54.6 Å². The van der Waals surface area contributed by atoms with Crippen molar-refractivity contribution in [2.24, 2.45) is 0 Å². The first-order chi connectivity index (χ1) is 12.5. The fourth-order valence-corrected chi connectivity index (χ4v) is 3.51. The van der Waals surface area contributed by atoms with Gasteiger partial charge in [-0.25, -0.2) is 0 Å². The molecule has 0 spiro atoms. The summed E-state index contributed by atoms with van der Waals surface area (Å²) < 4.78 is 0. The van der Waals surface area contributed by atoms with Crippen molar-refractivity contribution in [2.75, 3.05) is 6.54 Å². The third-order valence-electron chi connectivity index (χ3n) is 4.90. The molecule has 26 heavy (non-hydrogen) atoms. The van der Waals surface area contributed by atoms with Gasteiger partial charge in [-0.2, -0.15) is 0 Å². The summed E-state index contributed by atoms with van der Waals surface area (Å²) in [5.41, 5.74) is 1.85. The van der Waals surface area contributed by atoms with Gasteiger partial charge in [0.05, 0.1) is 33.8 Å². The van der Waals surface area contributed by atoms with E-state index in [1.165, 1.54) is 0 Å². The van der Waals surface area contributed by atoms with Crippen LogP contribution in [0.15, 0.2) is 30.6 Å². The maximum absolute atomic E-state index is 12.6. The number of aliphatic hydroxyl groups is 1. The van der Waals surface area contributed by atoms with Gasteiger partial charge in [0.25, 0.3) is 5.91 Å². The Morgan fingerprint density at radius 3 is 2.58 bits per heavy atom. The average molecular weight is 374 g/mol. The maximum Gasteiger partial charge on any atom is 0.252 e. The van der Waals surface area contributed by atoms with E-state index in [-0.39, 0.29) is 12.5 Å². The van der Waals surface area contributed by atoms with Gasteiger partial charge >= 0.3 is 0 Å². The number of aromatic nitrogens is 2. The number of hydrogen-bond donors (Lipinski definition) is 2. The first kappa shape index (κ1) is 18.8. The highest BCUT2D eigenvalue weighted by Gasteiger charge is 2.28. The zero-order chi connectivity index (χ0) is 18.6. The van der Waals surface area contributed by atoms with E-state index in [0.717, 1.165) is 49.8 Å². The molecule has 1 fully saturated rings. The van der Waals surface area contributed by atoms with Crippen molar-refractivity contribution in [3.05, 3.63) is 46.9 Å². The number of benzene rings is 1. The van der Waals surface area contributed by atoms with Gasteiger partial charge in [0, 0.05) is 18.3 Å². The molecule has 0 saturated heterocycles. The fraction of sp³-hybridized carbons (Fsp3) is 0.450. The first-order valence-electron chi connectivity index (χ1n) is 9.06. The molecule has 1 aromatic heterocycles. The summed E-state index contributed by atoms with van der Waals surface area (Å²) >= 11 is 6.23. The standard InChI is InChI=1S/C20H24ClN3O2/c1-14-11-23-18(12-22-14)15-6-7-17(21)16(10-15)19(25)24-13-20(26)8-4-2-3-5-9-20/h6-7,10-12,26H,2-5,8-9,13H2,1H3,(H,24,25). The van der Waals surface area contributed by atoms with E-state index in [2.05, 4.69) is 15.3 Å². The molecule has 6 heteroatoms. The lowest BCUT2D eigenvalue weighted by Crippen LogP contribution is -2.42. The van der Waals surface area contributed by atoms with Crippen LogP contribution in [0.25, 0.3) is 11.3 Å². The second kappa shape index (κ2) is 8.14. The van der Waals surface area contributed by atoms with Gasteiger partial charge in [-0.1, -0.05) is 43.4 Å². The number of hydrogen-bond acceptors (Lipinski definition) is 4. The Morgan fingerprint density at radius 1 is 1.19 bits per heavy atom. The lowest BCUT2D eigenvalue weighted by atomic mass is 9.94. The SMILES string of the molecule is Cc1cnc(-c2ccc(Cl)c(C(=O)NCC3(O)CCCCCC3)c2)cn1. The minimum atomic E-state index is -0.821. The molecule has 5 nitrogen and oxygen atoms in total. The molecule has 0 atom stereocenters. The van der Waals surface area contributed by atoms with Crippen molar-refractivity contribution in [1.82, 2.24) is 15.3 Å². The highest BCUT2D eigenvalue weighted by atomic mass is 35.5. The average Bonchev–Trinajstić information content (AvgIpc) is 2.86. The number of halogens is 1. The van der Waals surface area contributed by atoms with Crippen LogP contribution in [0.2, 0.25) is 5.02 Å². The number of carbonyl (C=O) groups is 1. The molecule has 0 unspecified atom stereocenters. The Hall–Kier alpha value is -1.98. The summed E-state index contributed by atoms with van der Waals surface area (Å²) in [6.45, 7) is 2.12. The van der Waals surface area contributed by atoms with Gasteiger partial charge in [0.15, 0.2) is 0 Å². The number of aryl methyl sites for hydroxylation is 1. The Morgan fingerprint density at radius 2 is 1.92 bits per heavy atom. The summed E-state index contributed by atoms with van der Waals surface area (Å²) in [6, 6.07) is 5.22. The van der Waals surface area contributed by atoms with Crippen molar-refractivity contribution in [2.45, 2.75) is 51.0 Å². The third-order valence-corrected chi connectivity index (χ3v) is 5.23. The summed E-state index contributed by atoms with van der Waals surface area (Å²) in [5.74, 6) is -0.283. The number of amides is 1.